The second-order valence-electron chi connectivity index (χ2n) is 4.68. The van der Waals surface area contributed by atoms with Gasteiger partial charge in [-0.25, -0.2) is 0 Å². The lowest BCUT2D eigenvalue weighted by Gasteiger charge is -2.19. The molecule has 1 aliphatic carbocycles. The summed E-state index contributed by atoms with van der Waals surface area (Å²) in [5.41, 5.74) is 1.10. The lowest BCUT2D eigenvalue weighted by molar-refractivity contribution is -0.133. The molecule has 2 unspecified atom stereocenters. The fourth-order valence-corrected chi connectivity index (χ4v) is 2.34. The largest absolute Gasteiger partial charge is 0.508 e. The van der Waals surface area contributed by atoms with Crippen molar-refractivity contribution >= 4 is 5.91 Å². The maximum Gasteiger partial charge on any atom is 0.226 e. The Morgan fingerprint density at radius 1 is 1.39 bits per heavy atom. The van der Waals surface area contributed by atoms with E-state index >= 15 is 0 Å². The van der Waals surface area contributed by atoms with E-state index in [2.05, 4.69) is 0 Å². The lowest BCUT2D eigenvalue weighted by Crippen LogP contribution is -2.34. The molecule has 2 atom stereocenters. The highest BCUT2D eigenvalue weighted by Gasteiger charge is 2.45. The summed E-state index contributed by atoms with van der Waals surface area (Å²) >= 11 is 0. The van der Waals surface area contributed by atoms with Crippen molar-refractivity contribution in [3.05, 3.63) is 29.8 Å². The van der Waals surface area contributed by atoms with Crippen LogP contribution in [0.1, 0.15) is 24.8 Å². The monoisotopic (exact) mass is 249 g/mol. The number of phenols is 1. The van der Waals surface area contributed by atoms with Crippen molar-refractivity contribution in [2.45, 2.75) is 19.3 Å². The molecule has 18 heavy (non-hydrogen) atoms. The Hall–Kier alpha value is -1.55. The molecule has 98 valence electrons. The zero-order valence-corrected chi connectivity index (χ0v) is 10.5. The van der Waals surface area contributed by atoms with Crippen molar-refractivity contribution in [1.82, 2.24) is 4.90 Å². The Morgan fingerprint density at radius 2 is 2.06 bits per heavy atom. The molecule has 4 nitrogen and oxygen atoms in total. The van der Waals surface area contributed by atoms with Crippen LogP contribution in [0.4, 0.5) is 0 Å². The van der Waals surface area contributed by atoms with Gasteiger partial charge in [0.1, 0.15) is 5.75 Å². The van der Waals surface area contributed by atoms with Gasteiger partial charge in [0.05, 0.1) is 6.61 Å². The molecule has 0 radical (unpaired) electrons. The summed E-state index contributed by atoms with van der Waals surface area (Å²) < 4.78 is 0. The highest BCUT2D eigenvalue weighted by Crippen LogP contribution is 2.48. The second-order valence-corrected chi connectivity index (χ2v) is 4.68. The molecule has 1 saturated carbocycles. The summed E-state index contributed by atoms with van der Waals surface area (Å²) in [6.07, 6.45) is 0.867. The quantitative estimate of drug-likeness (QED) is 0.827. The van der Waals surface area contributed by atoms with Crippen LogP contribution in [0, 0.1) is 5.92 Å². The predicted molar refractivity (Wildman–Crippen MR) is 68.3 cm³/mol. The normalized spacial score (nSPS) is 21.7. The molecule has 0 aliphatic heterocycles. The van der Waals surface area contributed by atoms with Crippen LogP contribution in [0.25, 0.3) is 0 Å². The number of nitrogens with zero attached hydrogens (tertiary/aromatic N) is 1. The van der Waals surface area contributed by atoms with Gasteiger partial charge < -0.3 is 15.1 Å². The molecule has 0 aromatic heterocycles. The maximum atomic E-state index is 12.1. The number of hydrogen-bond acceptors (Lipinski definition) is 3. The first-order valence-electron chi connectivity index (χ1n) is 6.36. The van der Waals surface area contributed by atoms with Crippen molar-refractivity contribution < 1.29 is 15.0 Å². The minimum atomic E-state index is 0.0101. The Morgan fingerprint density at radius 3 is 2.61 bits per heavy atom. The lowest BCUT2D eigenvalue weighted by atomic mass is 10.1. The van der Waals surface area contributed by atoms with Gasteiger partial charge in [-0.3, -0.25) is 4.79 Å². The van der Waals surface area contributed by atoms with Crippen LogP contribution >= 0.6 is 0 Å². The number of likely N-dealkylation sites (N-methyl/N-ethyl adjacent to an activating group) is 1. The van der Waals surface area contributed by atoms with Gasteiger partial charge in [0.25, 0.3) is 0 Å². The summed E-state index contributed by atoms with van der Waals surface area (Å²) in [5, 5.41) is 18.1. The first-order chi connectivity index (χ1) is 8.67. The molecule has 1 aliphatic rings. The molecular weight excluding hydrogens is 230 g/mol. The highest BCUT2D eigenvalue weighted by molar-refractivity contribution is 5.83. The molecule has 0 spiro atoms. The average molecular weight is 249 g/mol. The van der Waals surface area contributed by atoms with E-state index in [-0.39, 0.29) is 30.1 Å². The third kappa shape index (κ3) is 2.64. The summed E-state index contributed by atoms with van der Waals surface area (Å²) in [5.74, 6) is 0.689. The number of phenolic OH excluding ortho intramolecular Hbond substituents is 1. The molecule has 1 aromatic rings. The number of amides is 1. The number of carbonyl (C=O) groups excluding carboxylic acids is 1. The molecule has 2 rings (SSSR count). The van der Waals surface area contributed by atoms with Crippen LogP contribution in [-0.2, 0) is 4.79 Å². The summed E-state index contributed by atoms with van der Waals surface area (Å²) in [7, 11) is 0. The van der Waals surface area contributed by atoms with Crippen LogP contribution in [0.3, 0.4) is 0 Å². The molecule has 1 aromatic carbocycles. The van der Waals surface area contributed by atoms with E-state index in [1.807, 2.05) is 19.1 Å². The number of hydrogen-bond donors (Lipinski definition) is 2. The summed E-state index contributed by atoms with van der Waals surface area (Å²) in [6.45, 7) is 2.98. The second kappa shape index (κ2) is 5.40. The minimum absolute atomic E-state index is 0.0101. The van der Waals surface area contributed by atoms with Crippen LogP contribution in [-0.4, -0.2) is 40.7 Å². The Balaban J connectivity index is 1.98. The molecule has 0 saturated heterocycles. The van der Waals surface area contributed by atoms with Crippen LogP contribution in [0.2, 0.25) is 0 Å². The van der Waals surface area contributed by atoms with Gasteiger partial charge in [-0.2, -0.15) is 0 Å². The fourth-order valence-electron chi connectivity index (χ4n) is 2.34. The van der Waals surface area contributed by atoms with Crippen LogP contribution in [0.5, 0.6) is 5.75 Å². The number of benzene rings is 1. The molecule has 0 bridgehead atoms. The standard InChI is InChI=1S/C14H19NO3/c1-2-15(7-8-16)14(18)13-9-12(13)10-3-5-11(17)6-4-10/h3-6,12-13,16-17H,2,7-9H2,1H3. The number of carbonyl (C=O) groups is 1. The van der Waals surface area contributed by atoms with E-state index in [1.54, 1.807) is 17.0 Å². The maximum absolute atomic E-state index is 12.1. The Bertz CT molecular complexity index is 416. The van der Waals surface area contributed by atoms with E-state index in [4.69, 9.17) is 5.11 Å². The SMILES string of the molecule is CCN(CCO)C(=O)C1CC1c1ccc(O)cc1. The van der Waals surface area contributed by atoms with Gasteiger partial charge in [-0.15, -0.1) is 0 Å². The van der Waals surface area contributed by atoms with Crippen molar-refractivity contribution in [2.24, 2.45) is 5.92 Å². The fraction of sp³-hybridized carbons (Fsp3) is 0.500. The van der Waals surface area contributed by atoms with Crippen molar-refractivity contribution in [2.75, 3.05) is 19.7 Å². The van der Waals surface area contributed by atoms with Crippen molar-refractivity contribution in [3.63, 3.8) is 0 Å². The van der Waals surface area contributed by atoms with E-state index in [9.17, 15) is 9.90 Å². The van der Waals surface area contributed by atoms with E-state index < -0.39 is 0 Å². The van der Waals surface area contributed by atoms with E-state index in [0.29, 0.717) is 13.1 Å². The van der Waals surface area contributed by atoms with Crippen LogP contribution < -0.4 is 0 Å². The third-order valence-electron chi connectivity index (χ3n) is 3.49. The molecule has 1 fully saturated rings. The van der Waals surface area contributed by atoms with Crippen molar-refractivity contribution in [3.8, 4) is 5.75 Å². The topological polar surface area (TPSA) is 60.8 Å². The van der Waals surface area contributed by atoms with Gasteiger partial charge in [0.2, 0.25) is 5.91 Å². The minimum Gasteiger partial charge on any atom is -0.508 e. The summed E-state index contributed by atoms with van der Waals surface area (Å²) in [4.78, 5) is 13.8. The van der Waals surface area contributed by atoms with Gasteiger partial charge in [-0.1, -0.05) is 12.1 Å². The first-order valence-corrected chi connectivity index (χ1v) is 6.36. The Labute approximate surface area is 107 Å². The van der Waals surface area contributed by atoms with Gasteiger partial charge >= 0.3 is 0 Å². The van der Waals surface area contributed by atoms with Gasteiger partial charge in [0, 0.05) is 19.0 Å². The molecular formula is C14H19NO3. The number of aromatic hydroxyl groups is 1. The number of aliphatic hydroxyl groups is 1. The highest BCUT2D eigenvalue weighted by atomic mass is 16.3. The van der Waals surface area contributed by atoms with Gasteiger partial charge in [-0.05, 0) is 37.0 Å². The molecule has 1 amide bonds. The number of rotatable bonds is 5. The zero-order chi connectivity index (χ0) is 13.1. The van der Waals surface area contributed by atoms with Crippen molar-refractivity contribution in [1.29, 1.82) is 0 Å². The summed E-state index contributed by atoms with van der Waals surface area (Å²) in [6, 6.07) is 7.05. The first kappa shape index (κ1) is 12.9. The smallest absolute Gasteiger partial charge is 0.226 e. The molecule has 0 heterocycles. The number of aliphatic hydroxyl groups excluding tert-OH is 1. The predicted octanol–water partition coefficient (Wildman–Crippen LogP) is 1.34. The third-order valence-corrected chi connectivity index (χ3v) is 3.49. The van der Waals surface area contributed by atoms with Gasteiger partial charge in [0.15, 0.2) is 0 Å². The van der Waals surface area contributed by atoms with Crippen LogP contribution in [0.15, 0.2) is 24.3 Å². The van der Waals surface area contributed by atoms with E-state index in [0.717, 1.165) is 12.0 Å². The zero-order valence-electron chi connectivity index (χ0n) is 10.5. The Kier molecular flexibility index (Phi) is 3.87. The van der Waals surface area contributed by atoms with E-state index in [1.165, 1.54) is 0 Å². The molecule has 2 N–H and O–H groups in total. The molecule has 4 heteroatoms. The average Bonchev–Trinajstić information content (AvgIpc) is 3.16.